The molecule has 0 bridgehead atoms. The summed E-state index contributed by atoms with van der Waals surface area (Å²) in [5.41, 5.74) is 0. The number of hydrogen-bond acceptors (Lipinski definition) is 7. The van der Waals surface area contributed by atoms with Gasteiger partial charge in [0.1, 0.15) is 19.8 Å². The molecule has 0 amide bonds. The molecule has 0 aliphatic heterocycles. The number of allylic oxidation sites excluding steroid dienone is 2. The quantitative estimate of drug-likeness (QED) is 0.0211. The molecule has 0 aliphatic rings. The molecule has 0 aromatic heterocycles. The van der Waals surface area contributed by atoms with E-state index in [1.54, 1.807) is 0 Å². The third-order valence-electron chi connectivity index (χ3n) is 18.0. The van der Waals surface area contributed by atoms with Crippen LogP contribution in [-0.2, 0) is 32.7 Å². The molecule has 87 heavy (non-hydrogen) atoms. The van der Waals surface area contributed by atoms with Crippen molar-refractivity contribution in [3.63, 3.8) is 0 Å². The minimum absolute atomic E-state index is 0.0371. The van der Waals surface area contributed by atoms with Gasteiger partial charge in [0.15, 0.2) is 6.10 Å². The van der Waals surface area contributed by atoms with E-state index < -0.39 is 26.5 Å². The van der Waals surface area contributed by atoms with Gasteiger partial charge in [0.05, 0.1) is 27.7 Å². The smallest absolute Gasteiger partial charge is 0.462 e. The van der Waals surface area contributed by atoms with Gasteiger partial charge in [-0.15, -0.1) is 0 Å². The van der Waals surface area contributed by atoms with Gasteiger partial charge in [-0.1, -0.05) is 379 Å². The summed E-state index contributed by atoms with van der Waals surface area (Å²) in [6.45, 7) is 4.53. The number of carbonyl (C=O) groups is 2. The zero-order valence-corrected chi connectivity index (χ0v) is 60.2. The molecule has 0 saturated carbocycles. The number of esters is 2. The number of rotatable bonds is 74. The van der Waals surface area contributed by atoms with Crippen LogP contribution in [0.2, 0.25) is 0 Å². The van der Waals surface area contributed by atoms with E-state index >= 15 is 0 Å². The molecule has 0 saturated heterocycles. The van der Waals surface area contributed by atoms with Gasteiger partial charge in [-0.3, -0.25) is 18.6 Å². The van der Waals surface area contributed by atoms with Crippen molar-refractivity contribution in [2.24, 2.45) is 0 Å². The maximum atomic E-state index is 12.9. The summed E-state index contributed by atoms with van der Waals surface area (Å²) < 4.78 is 34.8. The molecule has 0 aliphatic carbocycles. The fourth-order valence-corrected chi connectivity index (χ4v) is 12.8. The van der Waals surface area contributed by atoms with Crippen LogP contribution >= 0.6 is 7.82 Å². The largest absolute Gasteiger partial charge is 0.472 e. The Morgan fingerprint density at radius 3 is 0.851 bits per heavy atom. The van der Waals surface area contributed by atoms with E-state index in [2.05, 4.69) is 26.0 Å². The molecular formula is C77H153NO8P+. The van der Waals surface area contributed by atoms with Gasteiger partial charge >= 0.3 is 19.8 Å². The second-order valence-electron chi connectivity index (χ2n) is 28.1. The van der Waals surface area contributed by atoms with Crippen molar-refractivity contribution in [2.45, 2.75) is 424 Å². The lowest BCUT2D eigenvalue weighted by Gasteiger charge is -2.24. The van der Waals surface area contributed by atoms with Gasteiger partial charge in [0.25, 0.3) is 0 Å². The Hall–Kier alpha value is -1.25. The highest BCUT2D eigenvalue weighted by Gasteiger charge is 2.27. The van der Waals surface area contributed by atoms with Crippen molar-refractivity contribution < 1.29 is 42.1 Å². The van der Waals surface area contributed by atoms with Crippen LogP contribution in [0, 0.1) is 0 Å². The summed E-state index contributed by atoms with van der Waals surface area (Å²) in [5.74, 6) is -0.768. The Bertz CT molecular complexity index is 1470. The number of quaternary nitrogens is 1. The van der Waals surface area contributed by atoms with Crippen molar-refractivity contribution >= 4 is 19.8 Å². The molecule has 518 valence electrons. The van der Waals surface area contributed by atoms with E-state index in [1.165, 1.54) is 353 Å². The first-order chi connectivity index (χ1) is 42.5. The molecule has 9 nitrogen and oxygen atoms in total. The molecule has 0 aromatic rings. The SMILES string of the molecule is CCCCCCCCCC/C=C\CCCCCCCCCCCCCCCCCCCCCCCCCCCCCCCC(=O)OC(COC(=O)CCCCCCCCCCCCCCCCCCCCCCCC)COP(=O)(O)OCC[N+](C)(C)C. The van der Waals surface area contributed by atoms with Gasteiger partial charge in [0, 0.05) is 12.8 Å². The predicted molar refractivity (Wildman–Crippen MR) is 377 cm³/mol. The lowest BCUT2D eigenvalue weighted by molar-refractivity contribution is -0.870. The van der Waals surface area contributed by atoms with Crippen LogP contribution in [0.1, 0.15) is 418 Å². The Morgan fingerprint density at radius 2 is 0.586 bits per heavy atom. The summed E-state index contributed by atoms with van der Waals surface area (Å²) in [6, 6.07) is 0. The topological polar surface area (TPSA) is 108 Å². The molecule has 0 fully saturated rings. The van der Waals surface area contributed by atoms with Crippen molar-refractivity contribution in [1.29, 1.82) is 0 Å². The number of hydrogen-bond donors (Lipinski definition) is 1. The van der Waals surface area contributed by atoms with E-state index in [9.17, 15) is 19.0 Å². The molecule has 2 atom stereocenters. The molecule has 0 spiro atoms. The number of nitrogens with zero attached hydrogens (tertiary/aromatic N) is 1. The zero-order valence-electron chi connectivity index (χ0n) is 59.3. The molecular weight excluding hydrogens is 1100 g/mol. The third kappa shape index (κ3) is 73.7. The Kier molecular flexibility index (Phi) is 68.1. The van der Waals surface area contributed by atoms with E-state index in [4.69, 9.17) is 18.5 Å². The molecule has 0 radical (unpaired) electrons. The highest BCUT2D eigenvalue weighted by Crippen LogP contribution is 2.43. The minimum atomic E-state index is -4.39. The zero-order chi connectivity index (χ0) is 63.4. The van der Waals surface area contributed by atoms with E-state index in [-0.39, 0.29) is 25.6 Å². The standard InChI is InChI=1S/C77H152NO8P/c1-6-8-10-12-14-16-18-20-22-24-26-28-30-31-32-33-34-35-36-37-38-39-40-41-42-43-44-45-46-47-48-50-52-54-56-58-60-62-64-66-68-70-77(80)86-75(74-85-87(81,82)84-72-71-78(3,4)5)73-83-76(79)69-67-65-63-61-59-57-55-53-51-49-29-27-25-23-21-19-17-15-13-11-9-7-2/h24,26,75H,6-23,25,27-74H2,1-5H3/p+1/b26-24-. The second kappa shape index (κ2) is 69.1. The number of likely N-dealkylation sites (N-methyl/N-ethyl adjacent to an activating group) is 1. The average Bonchev–Trinajstić information content (AvgIpc) is 3.50. The van der Waals surface area contributed by atoms with Gasteiger partial charge in [0.2, 0.25) is 0 Å². The van der Waals surface area contributed by atoms with Crippen molar-refractivity contribution in [3.8, 4) is 0 Å². The van der Waals surface area contributed by atoms with Gasteiger partial charge in [-0.05, 0) is 38.5 Å². The van der Waals surface area contributed by atoms with Crippen LogP contribution < -0.4 is 0 Å². The van der Waals surface area contributed by atoms with Crippen LogP contribution in [0.4, 0.5) is 0 Å². The molecule has 0 rings (SSSR count). The van der Waals surface area contributed by atoms with Gasteiger partial charge in [-0.2, -0.15) is 0 Å². The van der Waals surface area contributed by atoms with E-state index in [1.807, 2.05) is 21.1 Å². The number of unbranched alkanes of at least 4 members (excludes halogenated alkanes) is 58. The number of ether oxygens (including phenoxy) is 2. The predicted octanol–water partition coefficient (Wildman–Crippen LogP) is 25.5. The number of phosphoric acid groups is 1. The summed E-state index contributed by atoms with van der Waals surface area (Å²) in [6.07, 6.45) is 86.5. The fraction of sp³-hybridized carbons (Fsp3) is 0.948. The summed E-state index contributed by atoms with van der Waals surface area (Å²) in [4.78, 5) is 35.9. The summed E-state index contributed by atoms with van der Waals surface area (Å²) >= 11 is 0. The van der Waals surface area contributed by atoms with Gasteiger partial charge < -0.3 is 18.9 Å². The average molecular weight is 1250 g/mol. The van der Waals surface area contributed by atoms with Crippen LogP contribution in [0.3, 0.4) is 0 Å². The first-order valence-electron chi connectivity index (χ1n) is 38.9. The minimum Gasteiger partial charge on any atom is -0.462 e. The highest BCUT2D eigenvalue weighted by atomic mass is 31.2. The third-order valence-corrected chi connectivity index (χ3v) is 19.0. The number of phosphoric ester groups is 1. The second-order valence-corrected chi connectivity index (χ2v) is 29.6. The molecule has 10 heteroatoms. The fourth-order valence-electron chi connectivity index (χ4n) is 12.1. The Labute approximate surface area is 543 Å². The van der Waals surface area contributed by atoms with Gasteiger partial charge in [-0.25, -0.2) is 4.57 Å². The first kappa shape index (κ1) is 85.8. The normalized spacial score (nSPS) is 13.0. The lowest BCUT2D eigenvalue weighted by atomic mass is 10.0. The summed E-state index contributed by atoms with van der Waals surface area (Å²) in [5, 5.41) is 0. The van der Waals surface area contributed by atoms with Crippen molar-refractivity contribution in [3.05, 3.63) is 12.2 Å². The van der Waals surface area contributed by atoms with E-state index in [0.717, 1.165) is 38.5 Å². The van der Waals surface area contributed by atoms with E-state index in [0.29, 0.717) is 17.4 Å². The highest BCUT2D eigenvalue weighted by molar-refractivity contribution is 7.47. The number of carbonyl (C=O) groups excluding carboxylic acids is 2. The van der Waals surface area contributed by atoms with Crippen molar-refractivity contribution in [2.75, 3.05) is 47.5 Å². The maximum Gasteiger partial charge on any atom is 0.472 e. The maximum absolute atomic E-state index is 12.9. The molecule has 0 heterocycles. The molecule has 0 aromatic carbocycles. The Morgan fingerprint density at radius 1 is 0.345 bits per heavy atom. The van der Waals surface area contributed by atoms with Crippen molar-refractivity contribution in [1.82, 2.24) is 0 Å². The van der Waals surface area contributed by atoms with Crippen LogP contribution in [0.15, 0.2) is 12.2 Å². The summed E-state index contributed by atoms with van der Waals surface area (Å²) in [7, 11) is 1.51. The Balaban J connectivity index is 3.85. The molecule has 1 N–H and O–H groups in total. The first-order valence-corrected chi connectivity index (χ1v) is 40.4. The lowest BCUT2D eigenvalue weighted by Crippen LogP contribution is -2.37. The monoisotopic (exact) mass is 1250 g/mol. The van der Waals surface area contributed by atoms with Crippen LogP contribution in [-0.4, -0.2) is 74.9 Å². The van der Waals surface area contributed by atoms with Crippen LogP contribution in [0.5, 0.6) is 0 Å². The van der Waals surface area contributed by atoms with Crippen LogP contribution in [0.25, 0.3) is 0 Å². The molecule has 2 unspecified atom stereocenters.